The van der Waals surface area contributed by atoms with Crippen LogP contribution in [0.15, 0.2) is 53.7 Å². The summed E-state index contributed by atoms with van der Waals surface area (Å²) in [5.74, 6) is 0.591. The molecule has 0 aliphatic carbocycles. The van der Waals surface area contributed by atoms with Crippen molar-refractivity contribution in [3.8, 4) is 0 Å². The Morgan fingerprint density at radius 3 is 2.59 bits per heavy atom. The van der Waals surface area contributed by atoms with E-state index < -0.39 is 0 Å². The molecule has 0 saturated carbocycles. The summed E-state index contributed by atoms with van der Waals surface area (Å²) < 4.78 is 18.4. The second-order valence-electron chi connectivity index (χ2n) is 7.03. The summed E-state index contributed by atoms with van der Waals surface area (Å²) in [5.41, 5.74) is 1.09. The van der Waals surface area contributed by atoms with E-state index in [4.69, 9.17) is 4.74 Å². The molecule has 0 bridgehead atoms. The lowest BCUT2D eigenvalue weighted by atomic mass is 10.2. The van der Waals surface area contributed by atoms with Crippen molar-refractivity contribution in [2.75, 3.05) is 45.1 Å². The quantitative estimate of drug-likeness (QED) is 0.554. The molecule has 0 N–H and O–H groups in total. The van der Waals surface area contributed by atoms with Crippen molar-refractivity contribution in [3.05, 3.63) is 60.2 Å². The molecular weight excluding hydrogens is 389 g/mol. The van der Waals surface area contributed by atoms with Crippen molar-refractivity contribution in [3.63, 3.8) is 0 Å². The van der Waals surface area contributed by atoms with Gasteiger partial charge in [0.15, 0.2) is 0 Å². The molecule has 1 aromatic carbocycles. The highest BCUT2D eigenvalue weighted by molar-refractivity contribution is 7.99. The zero-order chi connectivity index (χ0) is 20.3. The number of rotatable bonds is 10. The molecule has 7 heteroatoms. The number of carbonyl (C=O) groups excluding carboxylic acids is 1. The number of carbonyl (C=O) groups is 1. The number of hydrogen-bond donors (Lipinski definition) is 0. The van der Waals surface area contributed by atoms with Crippen molar-refractivity contribution in [2.24, 2.45) is 0 Å². The molecule has 0 atom stereocenters. The predicted octanol–water partition coefficient (Wildman–Crippen LogP) is 3.45. The topological polar surface area (TPSA) is 45.7 Å². The molecule has 1 amide bonds. The standard InChI is InChI=1S/C22H28FN3O2S/c23-20-2-4-21(5-3-20)29-17-8-22(27)26(18-19-6-9-24-10-7-19)12-1-11-25-13-15-28-16-14-25/h2-7,9-10H,1,8,11-18H2. The first-order valence-corrected chi connectivity index (χ1v) is 11.0. The van der Waals surface area contributed by atoms with Gasteiger partial charge in [-0.3, -0.25) is 14.7 Å². The minimum atomic E-state index is -0.241. The van der Waals surface area contributed by atoms with E-state index in [1.165, 1.54) is 12.1 Å². The van der Waals surface area contributed by atoms with E-state index in [1.807, 2.05) is 17.0 Å². The van der Waals surface area contributed by atoms with Gasteiger partial charge in [0.1, 0.15) is 5.82 Å². The van der Waals surface area contributed by atoms with Gasteiger partial charge < -0.3 is 9.64 Å². The Labute approximate surface area is 176 Å². The second kappa shape index (κ2) is 11.9. The van der Waals surface area contributed by atoms with Crippen LogP contribution in [-0.4, -0.2) is 65.8 Å². The van der Waals surface area contributed by atoms with Gasteiger partial charge in [-0.15, -0.1) is 11.8 Å². The molecule has 156 valence electrons. The SMILES string of the molecule is O=C(CCSc1ccc(F)cc1)N(CCCN1CCOCC1)Cc1ccncc1. The number of hydrogen-bond acceptors (Lipinski definition) is 5. The minimum Gasteiger partial charge on any atom is -0.379 e. The van der Waals surface area contributed by atoms with Crippen molar-refractivity contribution in [1.82, 2.24) is 14.8 Å². The number of nitrogens with zero attached hydrogens (tertiary/aromatic N) is 3. The monoisotopic (exact) mass is 417 g/mol. The maximum atomic E-state index is 13.0. The first kappa shape index (κ1) is 21.7. The third kappa shape index (κ3) is 7.76. The van der Waals surface area contributed by atoms with Crippen molar-refractivity contribution < 1.29 is 13.9 Å². The first-order chi connectivity index (χ1) is 14.2. The number of ether oxygens (including phenoxy) is 1. The lowest BCUT2D eigenvalue weighted by Crippen LogP contribution is -2.39. The highest BCUT2D eigenvalue weighted by Gasteiger charge is 2.16. The highest BCUT2D eigenvalue weighted by Crippen LogP contribution is 2.19. The number of halogens is 1. The predicted molar refractivity (Wildman–Crippen MR) is 113 cm³/mol. The molecule has 1 fully saturated rings. The number of benzene rings is 1. The van der Waals surface area contributed by atoms with Crippen LogP contribution in [0.4, 0.5) is 4.39 Å². The van der Waals surface area contributed by atoms with Crippen LogP contribution < -0.4 is 0 Å². The molecule has 0 spiro atoms. The van der Waals surface area contributed by atoms with E-state index in [0.29, 0.717) is 18.7 Å². The molecule has 0 radical (unpaired) electrons. The van der Waals surface area contributed by atoms with E-state index in [-0.39, 0.29) is 11.7 Å². The number of aromatic nitrogens is 1. The molecular formula is C22H28FN3O2S. The minimum absolute atomic E-state index is 0.151. The average Bonchev–Trinajstić information content (AvgIpc) is 2.76. The van der Waals surface area contributed by atoms with Crippen LogP contribution in [0.5, 0.6) is 0 Å². The van der Waals surface area contributed by atoms with Crippen LogP contribution in [0.2, 0.25) is 0 Å². The number of morpholine rings is 1. The van der Waals surface area contributed by atoms with Gasteiger partial charge >= 0.3 is 0 Å². The Morgan fingerprint density at radius 2 is 1.86 bits per heavy atom. The number of thioether (sulfide) groups is 1. The summed E-state index contributed by atoms with van der Waals surface area (Å²) in [6.07, 6.45) is 4.93. The normalized spacial score (nSPS) is 14.7. The molecule has 1 aliphatic rings. The molecule has 3 rings (SSSR count). The lowest BCUT2D eigenvalue weighted by Gasteiger charge is -2.28. The van der Waals surface area contributed by atoms with Crippen LogP contribution in [0.1, 0.15) is 18.4 Å². The fourth-order valence-electron chi connectivity index (χ4n) is 3.26. The Kier molecular flexibility index (Phi) is 8.92. The van der Waals surface area contributed by atoms with Crippen LogP contribution in [0, 0.1) is 5.82 Å². The molecule has 0 unspecified atom stereocenters. The van der Waals surface area contributed by atoms with Gasteiger partial charge in [0, 0.05) is 62.2 Å². The largest absolute Gasteiger partial charge is 0.379 e. The second-order valence-corrected chi connectivity index (χ2v) is 8.20. The van der Waals surface area contributed by atoms with Gasteiger partial charge in [0.25, 0.3) is 0 Å². The molecule has 2 aromatic rings. The zero-order valence-electron chi connectivity index (χ0n) is 16.6. The Bertz CT molecular complexity index is 739. The lowest BCUT2D eigenvalue weighted by molar-refractivity contribution is -0.131. The maximum absolute atomic E-state index is 13.0. The smallest absolute Gasteiger partial charge is 0.223 e. The number of pyridine rings is 1. The Balaban J connectivity index is 1.49. The summed E-state index contributed by atoms with van der Waals surface area (Å²) in [4.78, 5) is 22.3. The third-order valence-electron chi connectivity index (χ3n) is 4.88. The van der Waals surface area contributed by atoms with Gasteiger partial charge in [0.2, 0.25) is 5.91 Å². The van der Waals surface area contributed by atoms with E-state index in [2.05, 4.69) is 9.88 Å². The summed E-state index contributed by atoms with van der Waals surface area (Å²) in [6.45, 7) is 5.83. The average molecular weight is 418 g/mol. The van der Waals surface area contributed by atoms with E-state index >= 15 is 0 Å². The molecule has 1 saturated heterocycles. The Morgan fingerprint density at radius 1 is 1.14 bits per heavy atom. The summed E-state index contributed by atoms with van der Waals surface area (Å²) in [6, 6.07) is 10.3. The van der Waals surface area contributed by atoms with Crippen LogP contribution >= 0.6 is 11.8 Å². The highest BCUT2D eigenvalue weighted by atomic mass is 32.2. The van der Waals surface area contributed by atoms with Crippen molar-refractivity contribution in [1.29, 1.82) is 0 Å². The fourth-order valence-corrected chi connectivity index (χ4v) is 4.10. The fraction of sp³-hybridized carbons (Fsp3) is 0.455. The third-order valence-corrected chi connectivity index (χ3v) is 5.89. The maximum Gasteiger partial charge on any atom is 0.223 e. The van der Waals surface area contributed by atoms with Crippen molar-refractivity contribution in [2.45, 2.75) is 24.3 Å². The molecule has 5 nitrogen and oxygen atoms in total. The van der Waals surface area contributed by atoms with E-state index in [0.717, 1.165) is 56.3 Å². The molecule has 1 aliphatic heterocycles. The zero-order valence-corrected chi connectivity index (χ0v) is 17.5. The number of amides is 1. The van der Waals surface area contributed by atoms with Gasteiger partial charge in [-0.1, -0.05) is 0 Å². The van der Waals surface area contributed by atoms with Gasteiger partial charge in [-0.2, -0.15) is 0 Å². The summed E-state index contributed by atoms with van der Waals surface area (Å²) in [7, 11) is 0. The van der Waals surface area contributed by atoms with Crippen LogP contribution in [-0.2, 0) is 16.1 Å². The Hall–Kier alpha value is -1.96. The van der Waals surface area contributed by atoms with Gasteiger partial charge in [0.05, 0.1) is 13.2 Å². The summed E-state index contributed by atoms with van der Waals surface area (Å²) in [5, 5.41) is 0. The van der Waals surface area contributed by atoms with E-state index in [9.17, 15) is 9.18 Å². The van der Waals surface area contributed by atoms with Crippen molar-refractivity contribution >= 4 is 17.7 Å². The molecule has 29 heavy (non-hydrogen) atoms. The van der Waals surface area contributed by atoms with E-state index in [1.54, 1.807) is 36.3 Å². The van der Waals surface area contributed by atoms with Gasteiger partial charge in [-0.25, -0.2) is 4.39 Å². The summed E-state index contributed by atoms with van der Waals surface area (Å²) >= 11 is 1.58. The van der Waals surface area contributed by atoms with Crippen LogP contribution in [0.25, 0.3) is 0 Å². The first-order valence-electron chi connectivity index (χ1n) is 10.1. The molecule has 2 heterocycles. The van der Waals surface area contributed by atoms with Crippen LogP contribution in [0.3, 0.4) is 0 Å². The van der Waals surface area contributed by atoms with Gasteiger partial charge in [-0.05, 0) is 48.4 Å². The molecule has 1 aromatic heterocycles.